The molecule has 0 bridgehead atoms. The normalized spacial score (nSPS) is 14.8. The van der Waals surface area contributed by atoms with E-state index < -0.39 is 10.0 Å². The van der Waals surface area contributed by atoms with Crippen molar-refractivity contribution in [2.75, 3.05) is 31.1 Å². The van der Waals surface area contributed by atoms with E-state index in [0.29, 0.717) is 10.4 Å². The number of benzene rings is 3. The summed E-state index contributed by atoms with van der Waals surface area (Å²) >= 11 is 0. The lowest BCUT2D eigenvalue weighted by Gasteiger charge is -2.30. The number of hydrogen-bond donors (Lipinski definition) is 1. The first-order valence-electron chi connectivity index (χ1n) is 9.45. The van der Waals surface area contributed by atoms with Crippen molar-refractivity contribution in [3.05, 3.63) is 72.9 Å². The molecule has 7 heteroatoms. The molecule has 4 aromatic rings. The first-order chi connectivity index (χ1) is 13.7. The van der Waals surface area contributed by atoms with Crippen LogP contribution in [0.25, 0.3) is 21.7 Å². The fourth-order valence-corrected chi connectivity index (χ4v) is 5.61. The summed E-state index contributed by atoms with van der Waals surface area (Å²) in [4.78, 5) is 2.64. The summed E-state index contributed by atoms with van der Waals surface area (Å²) in [5.41, 5.74) is 1.80. The summed E-state index contributed by atoms with van der Waals surface area (Å²) in [7, 11) is -3.71. The lowest BCUT2D eigenvalue weighted by atomic mass is 10.1. The van der Waals surface area contributed by atoms with Gasteiger partial charge in [-0.1, -0.05) is 42.5 Å². The van der Waals surface area contributed by atoms with Gasteiger partial charge in [-0.3, -0.25) is 0 Å². The standard InChI is InChI=1S/C22H21N3O2S.ClH/c26-28(27,22-10-3-6-17-5-1-2-7-18(17)22)25-14-11-19-20(8-4-9-21(19)25)24-15-12-23-13-16-24;/h1-11,14,23H,12-13,15-16H2;1H. The Hall–Kier alpha value is -2.54. The molecule has 1 aliphatic rings. The predicted molar refractivity (Wildman–Crippen MR) is 121 cm³/mol. The van der Waals surface area contributed by atoms with Crippen LogP contribution in [0.3, 0.4) is 0 Å². The number of halogens is 1. The van der Waals surface area contributed by atoms with Crippen molar-refractivity contribution in [1.82, 2.24) is 9.29 Å². The van der Waals surface area contributed by atoms with Gasteiger partial charge in [0.05, 0.1) is 10.4 Å². The molecule has 0 atom stereocenters. The van der Waals surface area contributed by atoms with Gasteiger partial charge in [-0.2, -0.15) is 0 Å². The average molecular weight is 428 g/mol. The first kappa shape index (κ1) is 19.8. The van der Waals surface area contributed by atoms with E-state index in [-0.39, 0.29) is 12.4 Å². The van der Waals surface area contributed by atoms with Crippen molar-refractivity contribution in [3.63, 3.8) is 0 Å². The summed E-state index contributed by atoms with van der Waals surface area (Å²) in [6.45, 7) is 3.71. The Labute approximate surface area is 176 Å². The molecular formula is C22H22ClN3O2S. The van der Waals surface area contributed by atoms with Crippen LogP contribution in [0.2, 0.25) is 0 Å². The van der Waals surface area contributed by atoms with Gasteiger partial charge >= 0.3 is 0 Å². The van der Waals surface area contributed by atoms with Gasteiger partial charge in [-0.15, -0.1) is 12.4 Å². The van der Waals surface area contributed by atoms with E-state index in [1.807, 2.05) is 48.5 Å². The van der Waals surface area contributed by atoms with Crippen LogP contribution in [0.1, 0.15) is 0 Å². The Morgan fingerprint density at radius 1 is 0.793 bits per heavy atom. The van der Waals surface area contributed by atoms with E-state index >= 15 is 0 Å². The molecule has 1 saturated heterocycles. The number of nitrogens with one attached hydrogen (secondary N) is 1. The molecule has 0 saturated carbocycles. The molecule has 5 nitrogen and oxygen atoms in total. The fourth-order valence-electron chi connectivity index (χ4n) is 4.04. The number of anilines is 1. The molecule has 1 aromatic heterocycles. The van der Waals surface area contributed by atoms with Crippen LogP contribution in [-0.2, 0) is 10.0 Å². The molecular weight excluding hydrogens is 406 g/mol. The highest BCUT2D eigenvalue weighted by atomic mass is 35.5. The van der Waals surface area contributed by atoms with Crippen molar-refractivity contribution < 1.29 is 8.42 Å². The Morgan fingerprint density at radius 2 is 1.52 bits per heavy atom. The van der Waals surface area contributed by atoms with Crippen LogP contribution in [-0.4, -0.2) is 38.6 Å². The van der Waals surface area contributed by atoms with Crippen LogP contribution in [0, 0.1) is 0 Å². The molecule has 0 spiro atoms. The summed E-state index contributed by atoms with van der Waals surface area (Å²) in [5, 5.41) is 5.98. The molecule has 150 valence electrons. The van der Waals surface area contributed by atoms with Crippen molar-refractivity contribution in [2.45, 2.75) is 4.90 Å². The molecule has 0 amide bonds. The molecule has 29 heavy (non-hydrogen) atoms. The zero-order chi connectivity index (χ0) is 19.1. The van der Waals surface area contributed by atoms with Crippen LogP contribution in [0.5, 0.6) is 0 Å². The van der Waals surface area contributed by atoms with Crippen LogP contribution in [0.15, 0.2) is 77.8 Å². The van der Waals surface area contributed by atoms with Gasteiger partial charge < -0.3 is 10.2 Å². The maximum atomic E-state index is 13.5. The average Bonchev–Trinajstić information content (AvgIpc) is 3.19. The summed E-state index contributed by atoms with van der Waals surface area (Å²) in [6.07, 6.45) is 1.67. The molecule has 1 fully saturated rings. The maximum absolute atomic E-state index is 13.5. The molecule has 0 radical (unpaired) electrons. The Morgan fingerprint density at radius 3 is 2.34 bits per heavy atom. The van der Waals surface area contributed by atoms with Gasteiger partial charge in [0.15, 0.2) is 0 Å². The highest BCUT2D eigenvalue weighted by molar-refractivity contribution is 7.90. The van der Waals surface area contributed by atoms with Gasteiger partial charge in [0.1, 0.15) is 0 Å². The van der Waals surface area contributed by atoms with Gasteiger partial charge in [0.25, 0.3) is 10.0 Å². The number of nitrogens with zero attached hydrogens (tertiary/aromatic N) is 2. The highest BCUT2D eigenvalue weighted by Gasteiger charge is 2.23. The largest absolute Gasteiger partial charge is 0.368 e. The van der Waals surface area contributed by atoms with Crippen LogP contribution < -0.4 is 10.2 Å². The van der Waals surface area contributed by atoms with E-state index in [1.165, 1.54) is 3.97 Å². The predicted octanol–water partition coefficient (Wildman–Crippen LogP) is 3.86. The topological polar surface area (TPSA) is 54.3 Å². The Balaban J connectivity index is 0.00000205. The second-order valence-corrected chi connectivity index (χ2v) is 8.82. The molecule has 0 aliphatic carbocycles. The monoisotopic (exact) mass is 427 g/mol. The molecule has 0 unspecified atom stereocenters. The van der Waals surface area contributed by atoms with Crippen molar-refractivity contribution in [2.24, 2.45) is 0 Å². The van der Waals surface area contributed by atoms with Crippen molar-refractivity contribution >= 4 is 49.8 Å². The number of hydrogen-bond acceptors (Lipinski definition) is 4. The number of aromatic nitrogens is 1. The van der Waals surface area contributed by atoms with Gasteiger partial charge in [-0.05, 0) is 29.7 Å². The summed E-state index contributed by atoms with van der Waals surface area (Å²) < 4.78 is 28.5. The second-order valence-electron chi connectivity index (χ2n) is 7.04. The maximum Gasteiger partial charge on any atom is 0.268 e. The lowest BCUT2D eigenvalue weighted by molar-refractivity contribution is 0.589. The van der Waals surface area contributed by atoms with Gasteiger partial charge in [-0.25, -0.2) is 12.4 Å². The molecule has 1 aliphatic heterocycles. The van der Waals surface area contributed by atoms with Gasteiger partial charge in [0, 0.05) is 48.8 Å². The Kier molecular flexibility index (Phi) is 5.25. The van der Waals surface area contributed by atoms with Crippen molar-refractivity contribution in [3.8, 4) is 0 Å². The Bertz CT molecular complexity index is 1270. The first-order valence-corrected chi connectivity index (χ1v) is 10.9. The minimum Gasteiger partial charge on any atom is -0.368 e. The summed E-state index contributed by atoms with van der Waals surface area (Å²) in [5.74, 6) is 0. The third-order valence-electron chi connectivity index (χ3n) is 5.42. The van der Waals surface area contributed by atoms with E-state index in [9.17, 15) is 8.42 Å². The fraction of sp³-hybridized carbons (Fsp3) is 0.182. The molecule has 3 aromatic carbocycles. The zero-order valence-electron chi connectivity index (χ0n) is 15.8. The highest BCUT2D eigenvalue weighted by Crippen LogP contribution is 2.32. The van der Waals surface area contributed by atoms with E-state index in [0.717, 1.165) is 48.0 Å². The van der Waals surface area contributed by atoms with Crippen LogP contribution in [0.4, 0.5) is 5.69 Å². The van der Waals surface area contributed by atoms with Crippen molar-refractivity contribution in [1.29, 1.82) is 0 Å². The molecule has 1 N–H and O–H groups in total. The quantitative estimate of drug-likeness (QED) is 0.539. The smallest absolute Gasteiger partial charge is 0.268 e. The van der Waals surface area contributed by atoms with E-state index in [1.54, 1.807) is 18.3 Å². The number of piperazine rings is 1. The summed E-state index contributed by atoms with van der Waals surface area (Å²) in [6, 6.07) is 20.8. The van der Waals surface area contributed by atoms with Crippen LogP contribution >= 0.6 is 12.4 Å². The minimum absolute atomic E-state index is 0. The number of rotatable bonds is 3. The van der Waals surface area contributed by atoms with E-state index in [2.05, 4.69) is 16.3 Å². The lowest BCUT2D eigenvalue weighted by Crippen LogP contribution is -2.43. The molecule has 5 rings (SSSR count). The third-order valence-corrected chi connectivity index (χ3v) is 7.17. The number of fused-ring (bicyclic) bond motifs is 2. The van der Waals surface area contributed by atoms with Gasteiger partial charge in [0.2, 0.25) is 0 Å². The van der Waals surface area contributed by atoms with E-state index in [4.69, 9.17) is 0 Å². The minimum atomic E-state index is -3.71. The second kappa shape index (κ2) is 7.71. The third kappa shape index (κ3) is 3.27. The zero-order valence-corrected chi connectivity index (χ0v) is 17.4. The SMILES string of the molecule is Cl.O=S(=O)(c1cccc2ccccc12)n1ccc2c(N3CCNCC3)cccc21. The molecule has 2 heterocycles.